The minimum atomic E-state index is -3.54. The second-order valence-corrected chi connectivity index (χ2v) is 9.82. The molecule has 2 fully saturated rings. The van der Waals surface area contributed by atoms with E-state index in [-0.39, 0.29) is 4.90 Å². The highest BCUT2D eigenvalue weighted by Gasteiger charge is 2.32. The average Bonchev–Trinajstić information content (AvgIpc) is 2.75. The summed E-state index contributed by atoms with van der Waals surface area (Å²) in [6.45, 7) is 5.64. The molecule has 29 heavy (non-hydrogen) atoms. The Morgan fingerprint density at radius 3 is 2.07 bits per heavy atom. The van der Waals surface area contributed by atoms with Crippen molar-refractivity contribution in [2.45, 2.75) is 30.3 Å². The van der Waals surface area contributed by atoms with E-state index in [1.807, 2.05) is 6.07 Å². The van der Waals surface area contributed by atoms with E-state index in [1.54, 1.807) is 0 Å². The van der Waals surface area contributed by atoms with Crippen molar-refractivity contribution in [3.05, 3.63) is 66.0 Å². The minimum Gasteiger partial charge on any atom is -0.299 e. The van der Waals surface area contributed by atoms with Gasteiger partial charge < -0.3 is 0 Å². The standard InChI is InChI=1S/C22H28FN3O2S/c23-20-6-8-22(9-7-20)29(27,28)26-16-14-25(15-17-26)21-10-12-24(13-11-21)18-19-4-2-1-3-5-19/h1-9,21H,10-18H2. The zero-order valence-electron chi connectivity index (χ0n) is 16.6. The lowest BCUT2D eigenvalue weighted by Gasteiger charge is -2.42. The van der Waals surface area contributed by atoms with E-state index in [9.17, 15) is 12.8 Å². The molecule has 2 saturated heterocycles. The van der Waals surface area contributed by atoms with Crippen LogP contribution in [0.2, 0.25) is 0 Å². The van der Waals surface area contributed by atoms with Crippen molar-refractivity contribution >= 4 is 10.0 Å². The van der Waals surface area contributed by atoms with Gasteiger partial charge in [-0.05, 0) is 55.8 Å². The van der Waals surface area contributed by atoms with Crippen LogP contribution in [0.5, 0.6) is 0 Å². The van der Waals surface area contributed by atoms with Gasteiger partial charge in [0.1, 0.15) is 5.82 Å². The summed E-state index contributed by atoms with van der Waals surface area (Å²) in [5, 5.41) is 0. The lowest BCUT2D eigenvalue weighted by molar-refractivity contribution is 0.0786. The lowest BCUT2D eigenvalue weighted by Crippen LogP contribution is -2.54. The average molecular weight is 418 g/mol. The fourth-order valence-electron chi connectivity index (χ4n) is 4.35. The van der Waals surface area contributed by atoms with Gasteiger partial charge in [-0.1, -0.05) is 30.3 Å². The molecule has 0 amide bonds. The predicted molar refractivity (Wildman–Crippen MR) is 111 cm³/mol. The van der Waals surface area contributed by atoms with E-state index < -0.39 is 15.8 Å². The molecule has 0 aliphatic carbocycles. The summed E-state index contributed by atoms with van der Waals surface area (Å²) in [6, 6.07) is 16.2. The molecule has 7 heteroatoms. The maximum atomic E-state index is 13.1. The van der Waals surface area contributed by atoms with Gasteiger partial charge in [0.15, 0.2) is 0 Å². The van der Waals surface area contributed by atoms with Gasteiger partial charge in [0, 0.05) is 38.8 Å². The van der Waals surface area contributed by atoms with Gasteiger partial charge in [0.2, 0.25) is 10.0 Å². The Morgan fingerprint density at radius 1 is 0.828 bits per heavy atom. The van der Waals surface area contributed by atoms with Crippen LogP contribution in [0.3, 0.4) is 0 Å². The first kappa shape index (κ1) is 20.5. The van der Waals surface area contributed by atoms with Crippen LogP contribution in [0.15, 0.2) is 59.5 Å². The summed E-state index contributed by atoms with van der Waals surface area (Å²) in [6.07, 6.45) is 2.25. The first-order valence-corrected chi connectivity index (χ1v) is 11.7. The van der Waals surface area contributed by atoms with Crippen LogP contribution < -0.4 is 0 Å². The van der Waals surface area contributed by atoms with E-state index in [1.165, 1.54) is 34.1 Å². The van der Waals surface area contributed by atoms with E-state index in [4.69, 9.17) is 0 Å². The molecule has 2 heterocycles. The Hall–Kier alpha value is -1.80. The number of hydrogen-bond acceptors (Lipinski definition) is 4. The molecule has 5 nitrogen and oxygen atoms in total. The summed E-state index contributed by atoms with van der Waals surface area (Å²) in [5.41, 5.74) is 1.35. The van der Waals surface area contributed by atoms with E-state index in [0.717, 1.165) is 45.6 Å². The van der Waals surface area contributed by atoms with Crippen LogP contribution >= 0.6 is 0 Å². The molecule has 2 aromatic carbocycles. The number of likely N-dealkylation sites (tertiary alicyclic amines) is 1. The first-order chi connectivity index (χ1) is 14.0. The van der Waals surface area contributed by atoms with Crippen molar-refractivity contribution in [1.82, 2.24) is 14.1 Å². The summed E-state index contributed by atoms with van der Waals surface area (Å²) in [4.78, 5) is 5.11. The van der Waals surface area contributed by atoms with Gasteiger partial charge >= 0.3 is 0 Å². The SMILES string of the molecule is O=S(=O)(c1ccc(F)cc1)N1CCN(C2CCN(Cc3ccccc3)CC2)CC1. The number of rotatable bonds is 5. The van der Waals surface area contributed by atoms with Gasteiger partial charge in [0.05, 0.1) is 4.90 Å². The largest absolute Gasteiger partial charge is 0.299 e. The van der Waals surface area contributed by atoms with Gasteiger partial charge in [-0.3, -0.25) is 9.80 Å². The monoisotopic (exact) mass is 417 g/mol. The number of piperazine rings is 1. The predicted octanol–water partition coefficient (Wildman–Crippen LogP) is 2.80. The Labute approximate surface area is 172 Å². The molecular weight excluding hydrogens is 389 g/mol. The third kappa shape index (κ3) is 4.86. The smallest absolute Gasteiger partial charge is 0.243 e. The number of nitrogens with zero attached hydrogens (tertiary/aromatic N) is 3. The van der Waals surface area contributed by atoms with E-state index in [0.29, 0.717) is 19.1 Å². The molecule has 0 spiro atoms. The highest BCUT2D eigenvalue weighted by atomic mass is 32.2. The molecule has 0 radical (unpaired) electrons. The molecule has 156 valence electrons. The summed E-state index contributed by atoms with van der Waals surface area (Å²) >= 11 is 0. The number of hydrogen-bond donors (Lipinski definition) is 0. The molecule has 0 unspecified atom stereocenters. The van der Waals surface area contributed by atoms with Crippen LogP contribution in [0.4, 0.5) is 4.39 Å². The topological polar surface area (TPSA) is 43.9 Å². The van der Waals surface area contributed by atoms with Gasteiger partial charge in [-0.25, -0.2) is 12.8 Å². The molecular formula is C22H28FN3O2S. The molecule has 0 N–H and O–H groups in total. The van der Waals surface area contributed by atoms with Gasteiger partial charge in [-0.15, -0.1) is 0 Å². The Bertz CT molecular complexity index is 889. The molecule has 0 bridgehead atoms. The highest BCUT2D eigenvalue weighted by Crippen LogP contribution is 2.23. The molecule has 2 aliphatic rings. The Morgan fingerprint density at radius 2 is 1.45 bits per heavy atom. The number of piperidine rings is 1. The quantitative estimate of drug-likeness (QED) is 0.751. The van der Waals surface area contributed by atoms with Crippen molar-refractivity contribution in [1.29, 1.82) is 0 Å². The maximum absolute atomic E-state index is 13.1. The molecule has 0 saturated carbocycles. The zero-order valence-corrected chi connectivity index (χ0v) is 17.4. The Kier molecular flexibility index (Phi) is 6.29. The summed E-state index contributed by atoms with van der Waals surface area (Å²) in [7, 11) is -3.54. The normalized spacial score (nSPS) is 20.7. The number of benzene rings is 2. The maximum Gasteiger partial charge on any atom is 0.243 e. The first-order valence-electron chi connectivity index (χ1n) is 10.3. The third-order valence-corrected chi connectivity index (χ3v) is 7.96. The fourth-order valence-corrected chi connectivity index (χ4v) is 5.77. The van der Waals surface area contributed by atoms with E-state index in [2.05, 4.69) is 34.1 Å². The van der Waals surface area contributed by atoms with Crippen molar-refractivity contribution in [3.63, 3.8) is 0 Å². The molecule has 2 aromatic rings. The molecule has 0 aromatic heterocycles. The summed E-state index contributed by atoms with van der Waals surface area (Å²) in [5.74, 6) is -0.424. The second-order valence-electron chi connectivity index (χ2n) is 7.89. The second kappa shape index (κ2) is 8.92. The highest BCUT2D eigenvalue weighted by molar-refractivity contribution is 7.89. The van der Waals surface area contributed by atoms with Crippen molar-refractivity contribution < 1.29 is 12.8 Å². The lowest BCUT2D eigenvalue weighted by atomic mass is 10.0. The molecule has 2 aliphatic heterocycles. The third-order valence-electron chi connectivity index (χ3n) is 6.05. The van der Waals surface area contributed by atoms with Crippen LogP contribution in [-0.4, -0.2) is 67.8 Å². The zero-order chi connectivity index (χ0) is 20.3. The van der Waals surface area contributed by atoms with Gasteiger partial charge in [0.25, 0.3) is 0 Å². The summed E-state index contributed by atoms with van der Waals surface area (Å²) < 4.78 is 40.2. The Balaban J connectivity index is 1.27. The minimum absolute atomic E-state index is 0.168. The molecule has 0 atom stereocenters. The van der Waals surface area contributed by atoms with Crippen LogP contribution in [-0.2, 0) is 16.6 Å². The fraction of sp³-hybridized carbons (Fsp3) is 0.455. The number of sulfonamides is 1. The van der Waals surface area contributed by atoms with Crippen LogP contribution in [0.1, 0.15) is 18.4 Å². The number of halogens is 1. The van der Waals surface area contributed by atoms with Gasteiger partial charge in [-0.2, -0.15) is 4.31 Å². The van der Waals surface area contributed by atoms with Crippen molar-refractivity contribution in [2.24, 2.45) is 0 Å². The van der Waals surface area contributed by atoms with E-state index >= 15 is 0 Å². The van der Waals surface area contributed by atoms with Crippen molar-refractivity contribution in [3.8, 4) is 0 Å². The molecule has 4 rings (SSSR count). The van der Waals surface area contributed by atoms with Crippen LogP contribution in [0, 0.1) is 5.82 Å². The van der Waals surface area contributed by atoms with Crippen molar-refractivity contribution in [2.75, 3.05) is 39.3 Å². The van der Waals surface area contributed by atoms with Crippen LogP contribution in [0.25, 0.3) is 0 Å².